The molecule has 2 saturated heterocycles. The number of benzene rings is 2. The van der Waals surface area contributed by atoms with Crippen LogP contribution in [-0.2, 0) is 16.4 Å². The minimum atomic E-state index is -3.28. The largest absolute Gasteiger partial charge is 0.325 e. The van der Waals surface area contributed by atoms with Gasteiger partial charge in [0.15, 0.2) is 9.84 Å². The molecule has 29 heavy (non-hydrogen) atoms. The summed E-state index contributed by atoms with van der Waals surface area (Å²) in [6, 6.07) is 12.3. The van der Waals surface area contributed by atoms with Gasteiger partial charge in [0, 0.05) is 29.3 Å². The van der Waals surface area contributed by atoms with Crippen molar-refractivity contribution in [3.63, 3.8) is 0 Å². The summed E-state index contributed by atoms with van der Waals surface area (Å²) in [4.78, 5) is 27.9. The zero-order valence-electron chi connectivity index (χ0n) is 15.6. The first-order valence-corrected chi connectivity index (χ1v) is 12.0. The molecule has 2 aromatic carbocycles. The van der Waals surface area contributed by atoms with Gasteiger partial charge in [-0.1, -0.05) is 18.2 Å². The van der Waals surface area contributed by atoms with E-state index in [1.807, 2.05) is 24.5 Å². The topological polar surface area (TPSA) is 101 Å². The van der Waals surface area contributed by atoms with Crippen molar-refractivity contribution in [1.82, 2.24) is 4.90 Å². The Kier molecular flexibility index (Phi) is 4.99. The first kappa shape index (κ1) is 19.7. The molecule has 0 spiro atoms. The Balaban J connectivity index is 1.70. The van der Waals surface area contributed by atoms with Gasteiger partial charge in [0.2, 0.25) is 0 Å². The van der Waals surface area contributed by atoms with Crippen molar-refractivity contribution in [3.8, 4) is 0 Å². The van der Waals surface area contributed by atoms with E-state index in [0.717, 1.165) is 4.90 Å². The third-order valence-corrected chi connectivity index (χ3v) is 7.71. The average molecular weight is 434 g/mol. The van der Waals surface area contributed by atoms with Gasteiger partial charge in [-0.3, -0.25) is 15.0 Å². The second-order valence-electron chi connectivity index (χ2n) is 7.12. The summed E-state index contributed by atoms with van der Waals surface area (Å²) in [5.41, 5.74) is 1.19. The lowest BCUT2D eigenvalue weighted by atomic mass is 10.1. The monoisotopic (exact) mass is 433 g/mol. The van der Waals surface area contributed by atoms with Crippen LogP contribution in [0.5, 0.6) is 0 Å². The van der Waals surface area contributed by atoms with Crippen LogP contribution in [0.4, 0.5) is 16.2 Å². The van der Waals surface area contributed by atoms with Crippen LogP contribution in [0.25, 0.3) is 0 Å². The van der Waals surface area contributed by atoms with Gasteiger partial charge in [0.1, 0.15) is 0 Å². The molecule has 0 N–H and O–H groups in total. The van der Waals surface area contributed by atoms with Crippen LogP contribution in [0.1, 0.15) is 5.56 Å². The summed E-state index contributed by atoms with van der Waals surface area (Å²) in [7, 11) is -3.28. The quantitative estimate of drug-likeness (QED) is 0.311. The smallest absolute Gasteiger partial charge is 0.314 e. The summed E-state index contributed by atoms with van der Waals surface area (Å²) in [6.45, 7) is 0.121. The van der Waals surface area contributed by atoms with Crippen LogP contribution >= 0.6 is 11.8 Å². The highest BCUT2D eigenvalue weighted by Gasteiger charge is 2.53. The number of carbonyl (C=O) groups excluding carboxylic acids is 1. The van der Waals surface area contributed by atoms with Crippen molar-refractivity contribution >= 4 is 39.0 Å². The number of carbonyl (C=O) groups is 1. The molecule has 2 unspecified atom stereocenters. The number of nitro groups is 1. The summed E-state index contributed by atoms with van der Waals surface area (Å²) in [5, 5.41) is 11.1. The molecule has 152 valence electrons. The third kappa shape index (κ3) is 3.69. The molecule has 2 aromatic rings. The molecule has 4 rings (SSSR count). The van der Waals surface area contributed by atoms with Gasteiger partial charge < -0.3 is 4.90 Å². The lowest BCUT2D eigenvalue weighted by molar-refractivity contribution is -0.384. The Bertz CT molecular complexity index is 1090. The maximum absolute atomic E-state index is 13.3. The van der Waals surface area contributed by atoms with Gasteiger partial charge in [-0.05, 0) is 30.0 Å². The molecule has 0 saturated carbocycles. The Hall–Kier alpha value is -2.59. The molecule has 10 heteroatoms. The number of nitrogens with zero attached hydrogens (tertiary/aromatic N) is 3. The number of amides is 2. The molecule has 2 amide bonds. The highest BCUT2D eigenvalue weighted by molar-refractivity contribution is 7.98. The van der Waals surface area contributed by atoms with Crippen molar-refractivity contribution in [1.29, 1.82) is 0 Å². The molecule has 2 heterocycles. The summed E-state index contributed by atoms with van der Waals surface area (Å²) in [6.07, 6.45) is 1.93. The van der Waals surface area contributed by atoms with Gasteiger partial charge in [-0.15, -0.1) is 11.8 Å². The second-order valence-corrected chi connectivity index (χ2v) is 10.2. The Morgan fingerprint density at radius 3 is 2.59 bits per heavy atom. The number of thioether (sulfide) groups is 1. The lowest BCUT2D eigenvalue weighted by Gasteiger charge is -2.23. The minimum Gasteiger partial charge on any atom is -0.314 e. The van der Waals surface area contributed by atoms with E-state index in [-0.39, 0.29) is 29.8 Å². The Morgan fingerprint density at radius 2 is 1.86 bits per heavy atom. The molecular formula is C19H19N3O5S2. The van der Waals surface area contributed by atoms with Crippen molar-refractivity contribution in [2.75, 3.05) is 22.7 Å². The van der Waals surface area contributed by atoms with Crippen molar-refractivity contribution in [2.45, 2.75) is 23.5 Å². The van der Waals surface area contributed by atoms with E-state index >= 15 is 0 Å². The predicted octanol–water partition coefficient (Wildman–Crippen LogP) is 2.92. The number of hydrogen-bond donors (Lipinski definition) is 0. The maximum Gasteiger partial charge on any atom is 0.325 e. The van der Waals surface area contributed by atoms with E-state index in [2.05, 4.69) is 0 Å². The van der Waals surface area contributed by atoms with Crippen LogP contribution < -0.4 is 4.90 Å². The summed E-state index contributed by atoms with van der Waals surface area (Å²) in [5.74, 6) is -0.185. The average Bonchev–Trinajstić information content (AvgIpc) is 3.12. The van der Waals surface area contributed by atoms with Crippen LogP contribution in [0, 0.1) is 10.1 Å². The fourth-order valence-corrected chi connectivity index (χ4v) is 6.39. The van der Waals surface area contributed by atoms with E-state index in [1.54, 1.807) is 34.9 Å². The predicted molar refractivity (Wildman–Crippen MR) is 111 cm³/mol. The zero-order chi connectivity index (χ0) is 20.8. The minimum absolute atomic E-state index is 0.0609. The molecule has 0 radical (unpaired) electrons. The fraction of sp³-hybridized carbons (Fsp3) is 0.316. The van der Waals surface area contributed by atoms with Gasteiger partial charge in [-0.2, -0.15) is 0 Å². The molecule has 0 bridgehead atoms. The van der Waals surface area contributed by atoms with Crippen LogP contribution in [0.2, 0.25) is 0 Å². The first-order chi connectivity index (χ1) is 13.8. The molecular weight excluding hydrogens is 414 g/mol. The highest BCUT2D eigenvalue weighted by Crippen LogP contribution is 2.37. The normalized spacial score (nSPS) is 22.7. The molecule has 2 fully saturated rings. The molecule has 2 aliphatic heterocycles. The number of sulfone groups is 1. The molecule has 0 aliphatic carbocycles. The van der Waals surface area contributed by atoms with E-state index in [9.17, 15) is 23.3 Å². The molecule has 2 aliphatic rings. The lowest BCUT2D eigenvalue weighted by Crippen LogP contribution is -2.37. The summed E-state index contributed by atoms with van der Waals surface area (Å²) < 4.78 is 24.7. The van der Waals surface area contributed by atoms with Crippen molar-refractivity contribution < 1.29 is 18.1 Å². The zero-order valence-corrected chi connectivity index (χ0v) is 17.2. The van der Waals surface area contributed by atoms with Crippen molar-refractivity contribution in [3.05, 3.63) is 64.2 Å². The number of urea groups is 1. The SMILES string of the molecule is CSc1cccc(N2C(=O)N(Cc3cccc([N+](=O)[O-])c3)C3CS(=O)(=O)CC32)c1. The van der Waals surface area contributed by atoms with E-state index in [0.29, 0.717) is 11.3 Å². The summed E-state index contributed by atoms with van der Waals surface area (Å²) >= 11 is 1.54. The number of hydrogen-bond acceptors (Lipinski definition) is 6. The van der Waals surface area contributed by atoms with Gasteiger partial charge in [-0.25, -0.2) is 13.2 Å². The third-order valence-electron chi connectivity index (χ3n) is 5.28. The Morgan fingerprint density at radius 1 is 1.14 bits per heavy atom. The first-order valence-electron chi connectivity index (χ1n) is 8.97. The molecule has 0 aromatic heterocycles. The second kappa shape index (κ2) is 7.34. The fourth-order valence-electron chi connectivity index (χ4n) is 3.99. The number of fused-ring (bicyclic) bond motifs is 1. The van der Waals surface area contributed by atoms with Crippen LogP contribution in [-0.4, -0.2) is 54.1 Å². The van der Waals surface area contributed by atoms with E-state index in [4.69, 9.17) is 0 Å². The standard InChI is InChI=1S/C19H19N3O5S2/c1-28-16-7-3-5-14(9-16)21-18-12-29(26,27)11-17(18)20(19(21)23)10-13-4-2-6-15(8-13)22(24)25/h2-9,17-18H,10-12H2,1H3. The highest BCUT2D eigenvalue weighted by atomic mass is 32.2. The van der Waals surface area contributed by atoms with Crippen LogP contribution in [0.15, 0.2) is 53.4 Å². The van der Waals surface area contributed by atoms with Gasteiger partial charge in [0.05, 0.1) is 28.5 Å². The number of rotatable bonds is 5. The molecule has 8 nitrogen and oxygen atoms in total. The Labute approximate surface area is 172 Å². The maximum atomic E-state index is 13.3. The van der Waals surface area contributed by atoms with E-state index in [1.165, 1.54) is 17.0 Å². The van der Waals surface area contributed by atoms with Gasteiger partial charge in [0.25, 0.3) is 5.69 Å². The van der Waals surface area contributed by atoms with E-state index < -0.39 is 26.8 Å². The number of nitro benzene ring substituents is 1. The molecule has 2 atom stereocenters. The number of non-ortho nitro benzene ring substituents is 1. The number of anilines is 1. The van der Waals surface area contributed by atoms with Crippen LogP contribution in [0.3, 0.4) is 0 Å². The van der Waals surface area contributed by atoms with Gasteiger partial charge >= 0.3 is 6.03 Å². The van der Waals surface area contributed by atoms with Crippen molar-refractivity contribution in [2.24, 2.45) is 0 Å².